The molecule has 0 radical (unpaired) electrons. The number of nitrogens with zero attached hydrogens (tertiary/aromatic N) is 2. The Morgan fingerprint density at radius 1 is 1.24 bits per heavy atom. The molecule has 110 valence electrons. The van der Waals surface area contributed by atoms with Gasteiger partial charge < -0.3 is 10.1 Å². The molecular weight excluding hydrogens is 344 g/mol. The molecule has 0 saturated heterocycles. The molecule has 0 aliphatic heterocycles. The van der Waals surface area contributed by atoms with Gasteiger partial charge in [0.1, 0.15) is 0 Å². The van der Waals surface area contributed by atoms with Crippen molar-refractivity contribution in [3.63, 3.8) is 0 Å². The van der Waals surface area contributed by atoms with Gasteiger partial charge in [-0.2, -0.15) is 4.39 Å². The largest absolute Gasteiger partial charge is 0.434 e. The lowest BCUT2D eigenvalue weighted by Crippen LogP contribution is -2.16. The van der Waals surface area contributed by atoms with E-state index in [1.807, 2.05) is 0 Å². The van der Waals surface area contributed by atoms with Gasteiger partial charge >= 0.3 is 0 Å². The summed E-state index contributed by atoms with van der Waals surface area (Å²) in [6.07, 6.45) is 5.34. The van der Waals surface area contributed by atoms with Crippen LogP contribution in [-0.4, -0.2) is 16.0 Å². The van der Waals surface area contributed by atoms with Crippen molar-refractivity contribution in [1.29, 1.82) is 0 Å². The fraction of sp³-hybridized carbons (Fsp3) is 0.286. The van der Waals surface area contributed by atoms with Crippen LogP contribution in [0.5, 0.6) is 11.6 Å². The van der Waals surface area contributed by atoms with Crippen LogP contribution in [0.4, 0.5) is 8.78 Å². The molecule has 0 amide bonds. The van der Waals surface area contributed by atoms with E-state index < -0.39 is 11.6 Å². The summed E-state index contributed by atoms with van der Waals surface area (Å²) in [6.45, 7) is 0.637. The number of benzene rings is 1. The Labute approximate surface area is 128 Å². The van der Waals surface area contributed by atoms with Gasteiger partial charge in [-0.3, -0.25) is 4.98 Å². The smallest absolute Gasteiger partial charge is 0.237 e. The standard InChI is InChI=1S/C14H12BrF2N3O/c15-8-3-11(16)14(17)12(4-8)21-13-7-19-10(6-20-13)5-18-9-1-2-9/h3-4,6-7,9,18H,1-2,5H2. The SMILES string of the molecule is Fc1cc(Br)cc(Oc2cnc(CNC3CC3)cn2)c1F. The fourth-order valence-corrected chi connectivity index (χ4v) is 2.15. The van der Waals surface area contributed by atoms with E-state index in [1.165, 1.54) is 25.1 Å². The Morgan fingerprint density at radius 2 is 2.05 bits per heavy atom. The van der Waals surface area contributed by atoms with E-state index in [2.05, 4.69) is 31.2 Å². The van der Waals surface area contributed by atoms with Gasteiger partial charge in [0.15, 0.2) is 11.6 Å². The van der Waals surface area contributed by atoms with Crippen molar-refractivity contribution < 1.29 is 13.5 Å². The topological polar surface area (TPSA) is 47.0 Å². The van der Waals surface area contributed by atoms with Crippen molar-refractivity contribution >= 4 is 15.9 Å². The summed E-state index contributed by atoms with van der Waals surface area (Å²) in [5, 5.41) is 3.31. The first kappa shape index (κ1) is 14.3. The second-order valence-electron chi connectivity index (χ2n) is 4.80. The van der Waals surface area contributed by atoms with Crippen LogP contribution in [0.3, 0.4) is 0 Å². The van der Waals surface area contributed by atoms with E-state index in [1.54, 1.807) is 6.20 Å². The maximum absolute atomic E-state index is 13.6. The molecule has 1 heterocycles. The highest BCUT2D eigenvalue weighted by molar-refractivity contribution is 9.10. The van der Waals surface area contributed by atoms with Crippen LogP contribution in [0.2, 0.25) is 0 Å². The monoisotopic (exact) mass is 355 g/mol. The van der Waals surface area contributed by atoms with Gasteiger partial charge in [0.2, 0.25) is 11.7 Å². The third-order valence-corrected chi connectivity index (χ3v) is 3.46. The van der Waals surface area contributed by atoms with E-state index in [0.29, 0.717) is 17.1 Å². The zero-order valence-corrected chi connectivity index (χ0v) is 12.5. The van der Waals surface area contributed by atoms with Crippen molar-refractivity contribution in [2.24, 2.45) is 0 Å². The number of hydrogen-bond donors (Lipinski definition) is 1. The lowest BCUT2D eigenvalue weighted by atomic mass is 10.3. The molecule has 3 rings (SSSR count). The second-order valence-corrected chi connectivity index (χ2v) is 5.72. The third kappa shape index (κ3) is 3.74. The van der Waals surface area contributed by atoms with E-state index >= 15 is 0 Å². The average Bonchev–Trinajstić information content (AvgIpc) is 3.28. The summed E-state index contributed by atoms with van der Waals surface area (Å²) >= 11 is 3.08. The summed E-state index contributed by atoms with van der Waals surface area (Å²) in [4.78, 5) is 8.21. The number of halogens is 3. The van der Waals surface area contributed by atoms with Gasteiger partial charge in [0.25, 0.3) is 0 Å². The van der Waals surface area contributed by atoms with Gasteiger partial charge in [-0.15, -0.1) is 0 Å². The minimum absolute atomic E-state index is 0.113. The summed E-state index contributed by atoms with van der Waals surface area (Å²) in [5.74, 6) is -2.17. The van der Waals surface area contributed by atoms with E-state index in [9.17, 15) is 8.78 Å². The van der Waals surface area contributed by atoms with Crippen LogP contribution in [0.1, 0.15) is 18.5 Å². The number of nitrogens with one attached hydrogen (secondary N) is 1. The maximum atomic E-state index is 13.6. The highest BCUT2D eigenvalue weighted by atomic mass is 79.9. The van der Waals surface area contributed by atoms with Gasteiger partial charge in [-0.1, -0.05) is 15.9 Å². The molecule has 0 bridgehead atoms. The average molecular weight is 356 g/mol. The third-order valence-electron chi connectivity index (χ3n) is 3.00. The highest BCUT2D eigenvalue weighted by Crippen LogP contribution is 2.28. The fourth-order valence-electron chi connectivity index (χ4n) is 1.74. The Kier molecular flexibility index (Phi) is 4.12. The molecule has 1 aromatic heterocycles. The van der Waals surface area contributed by atoms with Crippen molar-refractivity contribution in [3.05, 3.63) is 46.3 Å². The van der Waals surface area contributed by atoms with Gasteiger partial charge in [-0.05, 0) is 25.0 Å². The lowest BCUT2D eigenvalue weighted by Gasteiger charge is -2.07. The Hall–Kier alpha value is -1.60. The minimum Gasteiger partial charge on any atom is -0.434 e. The molecule has 21 heavy (non-hydrogen) atoms. The van der Waals surface area contributed by atoms with Crippen LogP contribution < -0.4 is 10.1 Å². The van der Waals surface area contributed by atoms with Crippen molar-refractivity contribution in [1.82, 2.24) is 15.3 Å². The molecule has 1 saturated carbocycles. The van der Waals surface area contributed by atoms with E-state index in [0.717, 1.165) is 11.8 Å². The Morgan fingerprint density at radius 3 is 2.71 bits per heavy atom. The summed E-state index contributed by atoms with van der Waals surface area (Å²) < 4.78 is 32.5. The van der Waals surface area contributed by atoms with E-state index in [-0.39, 0.29) is 11.6 Å². The predicted octanol–water partition coefficient (Wildman–Crippen LogP) is 3.56. The minimum atomic E-state index is -1.06. The first-order valence-corrected chi connectivity index (χ1v) is 7.28. The molecule has 1 aliphatic carbocycles. The second kappa shape index (κ2) is 6.03. The van der Waals surface area contributed by atoms with Crippen LogP contribution in [-0.2, 0) is 6.54 Å². The van der Waals surface area contributed by atoms with Gasteiger partial charge in [0, 0.05) is 17.1 Å². The molecule has 0 spiro atoms. The molecule has 0 unspecified atom stereocenters. The molecule has 1 aromatic carbocycles. The van der Waals surface area contributed by atoms with Gasteiger partial charge in [0.05, 0.1) is 18.1 Å². The number of rotatable bonds is 5. The molecule has 7 heteroatoms. The number of ether oxygens (including phenoxy) is 1. The summed E-state index contributed by atoms with van der Waals surface area (Å²) in [5.41, 5.74) is 0.773. The molecule has 1 fully saturated rings. The van der Waals surface area contributed by atoms with Crippen LogP contribution in [0.25, 0.3) is 0 Å². The normalized spacial score (nSPS) is 14.2. The van der Waals surface area contributed by atoms with Crippen molar-refractivity contribution in [2.45, 2.75) is 25.4 Å². The Balaban J connectivity index is 1.69. The van der Waals surface area contributed by atoms with Crippen LogP contribution >= 0.6 is 15.9 Å². The van der Waals surface area contributed by atoms with Crippen LogP contribution in [0.15, 0.2) is 29.0 Å². The Bertz CT molecular complexity index is 647. The predicted molar refractivity (Wildman–Crippen MR) is 76.0 cm³/mol. The molecule has 2 aromatic rings. The lowest BCUT2D eigenvalue weighted by molar-refractivity contribution is 0.403. The zero-order chi connectivity index (χ0) is 14.8. The first-order chi connectivity index (χ1) is 10.1. The molecule has 4 nitrogen and oxygen atoms in total. The zero-order valence-electron chi connectivity index (χ0n) is 10.9. The van der Waals surface area contributed by atoms with Crippen molar-refractivity contribution in [2.75, 3.05) is 0 Å². The molecular formula is C14H12BrF2N3O. The number of hydrogen-bond acceptors (Lipinski definition) is 4. The van der Waals surface area contributed by atoms with E-state index in [4.69, 9.17) is 4.74 Å². The number of aromatic nitrogens is 2. The quantitative estimate of drug-likeness (QED) is 0.833. The first-order valence-electron chi connectivity index (χ1n) is 6.48. The molecule has 0 atom stereocenters. The van der Waals surface area contributed by atoms with Gasteiger partial charge in [-0.25, -0.2) is 9.37 Å². The maximum Gasteiger partial charge on any atom is 0.237 e. The molecule has 1 N–H and O–H groups in total. The van der Waals surface area contributed by atoms with Crippen LogP contribution in [0, 0.1) is 11.6 Å². The summed E-state index contributed by atoms with van der Waals surface area (Å²) in [7, 11) is 0. The summed E-state index contributed by atoms with van der Waals surface area (Å²) in [6, 6.07) is 2.95. The van der Waals surface area contributed by atoms with Crippen molar-refractivity contribution in [3.8, 4) is 11.6 Å². The highest BCUT2D eigenvalue weighted by Gasteiger charge is 2.20. The molecule has 1 aliphatic rings.